The van der Waals surface area contributed by atoms with Crippen molar-refractivity contribution in [2.24, 2.45) is 0 Å². The number of fused-ring (bicyclic) bond motifs is 1. The Balaban J connectivity index is 1.59. The maximum absolute atomic E-state index is 13.0. The predicted molar refractivity (Wildman–Crippen MR) is 114 cm³/mol. The van der Waals surface area contributed by atoms with Gasteiger partial charge in [-0.2, -0.15) is 5.10 Å². The molecule has 1 amide bonds. The van der Waals surface area contributed by atoms with Crippen LogP contribution in [0.4, 0.5) is 0 Å². The first-order valence-corrected chi connectivity index (χ1v) is 10.2. The summed E-state index contributed by atoms with van der Waals surface area (Å²) in [5.74, 6) is -2.09. The van der Waals surface area contributed by atoms with Gasteiger partial charge in [0.2, 0.25) is 0 Å². The van der Waals surface area contributed by atoms with Crippen LogP contribution in [0, 0.1) is 13.8 Å². The molecular weight excluding hydrogens is 378 g/mol. The van der Waals surface area contributed by atoms with Crippen LogP contribution in [0.15, 0.2) is 48.5 Å². The van der Waals surface area contributed by atoms with E-state index in [1.807, 2.05) is 61.0 Å². The molecule has 1 unspecified atom stereocenters. The zero-order chi connectivity index (χ0) is 21.3. The molecule has 0 bridgehead atoms. The second kappa shape index (κ2) is 8.14. The van der Waals surface area contributed by atoms with Crippen LogP contribution < -0.4 is 5.32 Å². The highest BCUT2D eigenvalue weighted by Crippen LogP contribution is 2.29. The quantitative estimate of drug-likeness (QED) is 0.659. The van der Waals surface area contributed by atoms with E-state index in [9.17, 15) is 14.7 Å². The standard InChI is InChI=1S/C24H25N3O3/c1-15-7-5-9-17(13-15)19(24(29)30)14-25-23(28)22-18-10-6-12-21(18)27(26-22)20-11-4-3-8-16(20)2/h3-5,7-9,11,13,19H,6,10,12,14H2,1-2H3,(H,25,28)(H,29,30). The number of carboxylic acid groups (broad SMARTS) is 1. The zero-order valence-electron chi connectivity index (χ0n) is 17.2. The number of hydrogen-bond donors (Lipinski definition) is 2. The maximum atomic E-state index is 13.0. The third-order valence-corrected chi connectivity index (χ3v) is 5.70. The normalized spacial score (nSPS) is 13.7. The Morgan fingerprint density at radius 2 is 1.93 bits per heavy atom. The van der Waals surface area contributed by atoms with Crippen LogP contribution in [0.25, 0.3) is 5.69 Å². The fourth-order valence-electron chi connectivity index (χ4n) is 4.13. The van der Waals surface area contributed by atoms with Gasteiger partial charge in [-0.3, -0.25) is 9.59 Å². The number of para-hydroxylation sites is 1. The van der Waals surface area contributed by atoms with Gasteiger partial charge >= 0.3 is 5.97 Å². The molecule has 0 saturated carbocycles. The smallest absolute Gasteiger partial charge is 0.312 e. The number of aromatic nitrogens is 2. The highest BCUT2D eigenvalue weighted by Gasteiger charge is 2.28. The average molecular weight is 403 g/mol. The predicted octanol–water partition coefficient (Wildman–Crippen LogP) is 3.58. The first-order valence-electron chi connectivity index (χ1n) is 10.2. The first-order chi connectivity index (χ1) is 14.5. The number of benzene rings is 2. The fourth-order valence-corrected chi connectivity index (χ4v) is 4.13. The number of rotatable bonds is 6. The van der Waals surface area contributed by atoms with E-state index in [1.165, 1.54) is 0 Å². The summed E-state index contributed by atoms with van der Waals surface area (Å²) < 4.78 is 1.88. The van der Waals surface area contributed by atoms with Gasteiger partial charge in [-0.15, -0.1) is 0 Å². The topological polar surface area (TPSA) is 84.2 Å². The number of amides is 1. The monoisotopic (exact) mass is 403 g/mol. The largest absolute Gasteiger partial charge is 0.481 e. The summed E-state index contributed by atoms with van der Waals surface area (Å²) in [6, 6.07) is 15.3. The molecule has 3 aromatic rings. The SMILES string of the molecule is Cc1cccc(C(CNC(=O)c2nn(-c3ccccc3C)c3c2CCC3)C(=O)O)c1. The number of carboxylic acids is 1. The summed E-state index contributed by atoms with van der Waals surface area (Å²) in [5, 5.41) is 17.1. The van der Waals surface area contributed by atoms with Crippen LogP contribution in [0.3, 0.4) is 0 Å². The molecule has 2 N–H and O–H groups in total. The maximum Gasteiger partial charge on any atom is 0.312 e. The van der Waals surface area contributed by atoms with E-state index >= 15 is 0 Å². The lowest BCUT2D eigenvalue weighted by Gasteiger charge is -2.14. The number of aryl methyl sites for hydroxylation is 2. The van der Waals surface area contributed by atoms with Crippen LogP contribution in [0.5, 0.6) is 0 Å². The zero-order valence-corrected chi connectivity index (χ0v) is 17.2. The van der Waals surface area contributed by atoms with Crippen molar-refractivity contribution in [3.05, 3.63) is 82.2 Å². The van der Waals surface area contributed by atoms with E-state index in [4.69, 9.17) is 0 Å². The van der Waals surface area contributed by atoms with Gasteiger partial charge in [-0.25, -0.2) is 4.68 Å². The van der Waals surface area contributed by atoms with Crippen molar-refractivity contribution >= 4 is 11.9 Å². The molecule has 0 spiro atoms. The Labute approximate surface area is 175 Å². The van der Waals surface area contributed by atoms with Crippen LogP contribution in [-0.4, -0.2) is 33.3 Å². The molecule has 1 heterocycles. The second-order valence-corrected chi connectivity index (χ2v) is 7.84. The summed E-state index contributed by atoms with van der Waals surface area (Å²) in [6.45, 7) is 3.96. The Bertz CT molecular complexity index is 1120. The van der Waals surface area contributed by atoms with E-state index in [-0.39, 0.29) is 12.5 Å². The summed E-state index contributed by atoms with van der Waals surface area (Å²) in [4.78, 5) is 24.8. The lowest BCUT2D eigenvalue weighted by molar-refractivity contribution is -0.138. The van der Waals surface area contributed by atoms with Crippen molar-refractivity contribution < 1.29 is 14.7 Å². The van der Waals surface area contributed by atoms with Gasteiger partial charge in [-0.05, 0) is 50.3 Å². The van der Waals surface area contributed by atoms with Gasteiger partial charge in [0.1, 0.15) is 0 Å². The van der Waals surface area contributed by atoms with Crippen LogP contribution >= 0.6 is 0 Å². The number of carbonyl (C=O) groups is 2. The van der Waals surface area contributed by atoms with Crippen LogP contribution in [-0.2, 0) is 17.6 Å². The third kappa shape index (κ3) is 3.73. The number of nitrogens with one attached hydrogen (secondary N) is 1. The van der Waals surface area contributed by atoms with Crippen molar-refractivity contribution in [2.45, 2.75) is 39.0 Å². The Kier molecular flexibility index (Phi) is 5.40. The van der Waals surface area contributed by atoms with Gasteiger partial charge in [0.05, 0.1) is 11.6 Å². The molecule has 6 nitrogen and oxygen atoms in total. The first kappa shape index (κ1) is 19.9. The van der Waals surface area contributed by atoms with E-state index < -0.39 is 11.9 Å². The molecule has 30 heavy (non-hydrogen) atoms. The summed E-state index contributed by atoms with van der Waals surface area (Å²) in [5.41, 5.74) is 6.17. The van der Waals surface area contributed by atoms with Crippen molar-refractivity contribution in [2.75, 3.05) is 6.54 Å². The minimum Gasteiger partial charge on any atom is -0.481 e. The van der Waals surface area contributed by atoms with Crippen molar-refractivity contribution in [1.82, 2.24) is 15.1 Å². The molecule has 154 valence electrons. The minimum absolute atomic E-state index is 0.0175. The molecule has 0 aliphatic heterocycles. The Morgan fingerprint density at radius 3 is 2.67 bits per heavy atom. The van der Waals surface area contributed by atoms with E-state index in [1.54, 1.807) is 6.07 Å². The molecule has 1 aromatic heterocycles. The summed E-state index contributed by atoms with van der Waals surface area (Å²) in [7, 11) is 0. The number of aliphatic carboxylic acids is 1. The van der Waals surface area contributed by atoms with Gasteiger partial charge in [0.25, 0.3) is 5.91 Å². The molecule has 0 radical (unpaired) electrons. The minimum atomic E-state index is -0.962. The highest BCUT2D eigenvalue weighted by atomic mass is 16.4. The van der Waals surface area contributed by atoms with E-state index in [0.29, 0.717) is 11.3 Å². The molecule has 4 rings (SSSR count). The van der Waals surface area contributed by atoms with Gasteiger partial charge in [0, 0.05) is 17.8 Å². The molecule has 0 saturated heterocycles. The molecular formula is C24H25N3O3. The Hall–Kier alpha value is -3.41. The second-order valence-electron chi connectivity index (χ2n) is 7.84. The third-order valence-electron chi connectivity index (χ3n) is 5.70. The van der Waals surface area contributed by atoms with Crippen molar-refractivity contribution in [1.29, 1.82) is 0 Å². The fraction of sp³-hybridized carbons (Fsp3) is 0.292. The molecule has 1 aliphatic carbocycles. The molecule has 1 aliphatic rings. The summed E-state index contributed by atoms with van der Waals surface area (Å²) >= 11 is 0. The average Bonchev–Trinajstić information content (AvgIpc) is 3.31. The van der Waals surface area contributed by atoms with Gasteiger partial charge in [0.15, 0.2) is 5.69 Å². The van der Waals surface area contributed by atoms with E-state index in [0.717, 1.165) is 47.3 Å². The summed E-state index contributed by atoms with van der Waals surface area (Å²) in [6.07, 6.45) is 2.68. The van der Waals surface area contributed by atoms with Gasteiger partial charge in [-0.1, -0.05) is 48.0 Å². The lowest BCUT2D eigenvalue weighted by Crippen LogP contribution is -2.32. The van der Waals surface area contributed by atoms with Crippen LogP contribution in [0.2, 0.25) is 0 Å². The van der Waals surface area contributed by atoms with Gasteiger partial charge < -0.3 is 10.4 Å². The number of hydrogen-bond acceptors (Lipinski definition) is 3. The van der Waals surface area contributed by atoms with E-state index in [2.05, 4.69) is 10.4 Å². The highest BCUT2D eigenvalue weighted by molar-refractivity contribution is 5.94. The Morgan fingerprint density at radius 1 is 1.13 bits per heavy atom. The molecule has 6 heteroatoms. The van der Waals surface area contributed by atoms with Crippen molar-refractivity contribution in [3.8, 4) is 5.69 Å². The number of nitrogens with zero attached hydrogens (tertiary/aromatic N) is 2. The lowest BCUT2D eigenvalue weighted by atomic mass is 9.97. The number of carbonyl (C=O) groups excluding carboxylic acids is 1. The molecule has 1 atom stereocenters. The van der Waals surface area contributed by atoms with Crippen LogP contribution in [0.1, 0.15) is 50.8 Å². The van der Waals surface area contributed by atoms with Crippen molar-refractivity contribution in [3.63, 3.8) is 0 Å². The molecule has 2 aromatic carbocycles. The molecule has 0 fully saturated rings.